The van der Waals surface area contributed by atoms with E-state index in [1.807, 2.05) is 12.1 Å². The quantitative estimate of drug-likeness (QED) is 0.346. The highest BCUT2D eigenvalue weighted by atomic mass is 19.2. The Balaban J connectivity index is 1.22. The Labute approximate surface area is 204 Å². The van der Waals surface area contributed by atoms with Gasteiger partial charge in [-0.2, -0.15) is 8.78 Å². The van der Waals surface area contributed by atoms with Crippen LogP contribution in [0.5, 0.6) is 11.5 Å². The van der Waals surface area contributed by atoms with Crippen molar-refractivity contribution in [1.82, 2.24) is 0 Å². The summed E-state index contributed by atoms with van der Waals surface area (Å²) in [7, 11) is 0. The molecule has 0 aromatic heterocycles. The summed E-state index contributed by atoms with van der Waals surface area (Å²) >= 11 is 0. The van der Waals surface area contributed by atoms with Gasteiger partial charge in [0.1, 0.15) is 6.61 Å². The average Bonchev–Trinajstić information content (AvgIpc) is 2.86. The predicted octanol–water partition coefficient (Wildman–Crippen LogP) is 8.51. The van der Waals surface area contributed by atoms with Gasteiger partial charge in [-0.25, -0.2) is 0 Å². The van der Waals surface area contributed by atoms with E-state index in [-0.39, 0.29) is 24.7 Å². The molecule has 2 aromatic carbocycles. The molecule has 4 heteroatoms. The van der Waals surface area contributed by atoms with Crippen molar-refractivity contribution in [1.29, 1.82) is 0 Å². The first-order chi connectivity index (χ1) is 16.6. The SMILES string of the molecule is CCCC1CCC2CC(CCc3ccc(COc4ccc(OCC)c(F)c4F)cc3)CCC2C1. The molecule has 4 atom stereocenters. The van der Waals surface area contributed by atoms with Crippen molar-refractivity contribution in [3.8, 4) is 11.5 Å². The van der Waals surface area contributed by atoms with E-state index in [0.29, 0.717) is 0 Å². The fraction of sp³-hybridized carbons (Fsp3) is 0.600. The fourth-order valence-electron chi connectivity index (χ4n) is 6.24. The average molecular weight is 471 g/mol. The molecule has 2 saturated carbocycles. The molecule has 0 bridgehead atoms. The first-order valence-electron chi connectivity index (χ1n) is 13.4. The third kappa shape index (κ3) is 6.31. The highest BCUT2D eigenvalue weighted by molar-refractivity contribution is 5.35. The number of hydrogen-bond donors (Lipinski definition) is 0. The highest BCUT2D eigenvalue weighted by Gasteiger charge is 2.35. The minimum Gasteiger partial charge on any atom is -0.491 e. The van der Waals surface area contributed by atoms with Crippen molar-refractivity contribution in [2.45, 2.75) is 84.7 Å². The van der Waals surface area contributed by atoms with Crippen LogP contribution in [0, 0.1) is 35.3 Å². The van der Waals surface area contributed by atoms with Gasteiger partial charge in [0.25, 0.3) is 0 Å². The Kier molecular flexibility index (Phi) is 8.86. The summed E-state index contributed by atoms with van der Waals surface area (Å²) in [4.78, 5) is 0. The van der Waals surface area contributed by atoms with Crippen LogP contribution in [0.2, 0.25) is 0 Å². The molecule has 0 N–H and O–H groups in total. The predicted molar refractivity (Wildman–Crippen MR) is 133 cm³/mol. The number of hydrogen-bond acceptors (Lipinski definition) is 2. The first-order valence-corrected chi connectivity index (χ1v) is 13.4. The van der Waals surface area contributed by atoms with Gasteiger partial charge in [0.2, 0.25) is 11.6 Å². The molecular weight excluding hydrogens is 430 g/mol. The molecule has 0 aliphatic heterocycles. The molecule has 2 aliphatic carbocycles. The molecule has 4 rings (SSSR count). The molecule has 2 nitrogen and oxygen atoms in total. The summed E-state index contributed by atoms with van der Waals surface area (Å²) in [5.74, 6) is 1.64. The Morgan fingerprint density at radius 3 is 1.85 bits per heavy atom. The van der Waals surface area contributed by atoms with Gasteiger partial charge in [-0.3, -0.25) is 0 Å². The molecule has 2 aromatic rings. The van der Waals surface area contributed by atoms with Crippen molar-refractivity contribution in [2.24, 2.45) is 23.7 Å². The zero-order valence-corrected chi connectivity index (χ0v) is 20.8. The zero-order chi connectivity index (χ0) is 23.9. The van der Waals surface area contributed by atoms with Gasteiger partial charge >= 0.3 is 0 Å². The van der Waals surface area contributed by atoms with Crippen LogP contribution < -0.4 is 9.47 Å². The van der Waals surface area contributed by atoms with E-state index in [1.165, 1.54) is 75.5 Å². The fourth-order valence-corrected chi connectivity index (χ4v) is 6.24. The Morgan fingerprint density at radius 1 is 0.706 bits per heavy atom. The van der Waals surface area contributed by atoms with Crippen LogP contribution in [0.25, 0.3) is 0 Å². The van der Waals surface area contributed by atoms with Gasteiger partial charge in [0, 0.05) is 0 Å². The number of fused-ring (bicyclic) bond motifs is 1. The van der Waals surface area contributed by atoms with Gasteiger partial charge in [0.05, 0.1) is 6.61 Å². The van der Waals surface area contributed by atoms with E-state index in [0.717, 1.165) is 35.7 Å². The smallest absolute Gasteiger partial charge is 0.204 e. The van der Waals surface area contributed by atoms with Crippen LogP contribution in [0.3, 0.4) is 0 Å². The summed E-state index contributed by atoms with van der Waals surface area (Å²) in [6.07, 6.45) is 13.8. The molecule has 0 amide bonds. The van der Waals surface area contributed by atoms with Gasteiger partial charge in [0.15, 0.2) is 11.5 Å². The lowest BCUT2D eigenvalue weighted by Gasteiger charge is -2.42. The first kappa shape index (κ1) is 25.0. The third-order valence-electron chi connectivity index (χ3n) is 8.10. The monoisotopic (exact) mass is 470 g/mol. The Hall–Kier alpha value is -2.10. The van der Waals surface area contributed by atoms with Crippen molar-refractivity contribution in [3.05, 3.63) is 59.2 Å². The van der Waals surface area contributed by atoms with Gasteiger partial charge < -0.3 is 9.47 Å². The van der Waals surface area contributed by atoms with Crippen molar-refractivity contribution < 1.29 is 18.3 Å². The molecular formula is C30H40F2O2. The lowest BCUT2D eigenvalue weighted by Crippen LogP contribution is -2.31. The summed E-state index contributed by atoms with van der Waals surface area (Å²) < 4.78 is 38.9. The van der Waals surface area contributed by atoms with E-state index in [4.69, 9.17) is 9.47 Å². The van der Waals surface area contributed by atoms with Crippen LogP contribution in [0.15, 0.2) is 36.4 Å². The number of aryl methyl sites for hydroxylation is 1. The Morgan fingerprint density at radius 2 is 1.26 bits per heavy atom. The maximum atomic E-state index is 14.2. The van der Waals surface area contributed by atoms with Crippen LogP contribution in [0.1, 0.15) is 82.8 Å². The maximum absolute atomic E-state index is 14.2. The topological polar surface area (TPSA) is 18.5 Å². The molecule has 186 valence electrons. The summed E-state index contributed by atoms with van der Waals surface area (Å²) in [5, 5.41) is 0. The molecule has 0 radical (unpaired) electrons. The molecule has 2 fully saturated rings. The van der Waals surface area contributed by atoms with Crippen molar-refractivity contribution in [2.75, 3.05) is 6.61 Å². The normalized spacial score (nSPS) is 24.5. The van der Waals surface area contributed by atoms with Crippen LogP contribution >= 0.6 is 0 Å². The van der Waals surface area contributed by atoms with Crippen LogP contribution in [0.4, 0.5) is 8.78 Å². The number of ether oxygens (including phenoxy) is 2. The van der Waals surface area contributed by atoms with Gasteiger partial charge in [-0.15, -0.1) is 0 Å². The van der Waals surface area contributed by atoms with Crippen LogP contribution in [-0.2, 0) is 13.0 Å². The second-order valence-corrected chi connectivity index (χ2v) is 10.4. The Bertz CT molecular complexity index is 911. The minimum absolute atomic E-state index is 0.0886. The second-order valence-electron chi connectivity index (χ2n) is 10.4. The van der Waals surface area contributed by atoms with Crippen molar-refractivity contribution >= 4 is 0 Å². The molecule has 0 heterocycles. The van der Waals surface area contributed by atoms with E-state index in [9.17, 15) is 8.78 Å². The maximum Gasteiger partial charge on any atom is 0.204 e. The number of benzene rings is 2. The van der Waals surface area contributed by atoms with E-state index in [2.05, 4.69) is 19.1 Å². The van der Waals surface area contributed by atoms with Gasteiger partial charge in [-0.1, -0.05) is 56.9 Å². The molecule has 34 heavy (non-hydrogen) atoms. The van der Waals surface area contributed by atoms with Crippen LogP contribution in [-0.4, -0.2) is 6.61 Å². The number of rotatable bonds is 10. The van der Waals surface area contributed by atoms with Crippen molar-refractivity contribution in [3.63, 3.8) is 0 Å². The third-order valence-corrected chi connectivity index (χ3v) is 8.10. The second kappa shape index (κ2) is 12.0. The van der Waals surface area contributed by atoms with E-state index < -0.39 is 11.6 Å². The van der Waals surface area contributed by atoms with E-state index >= 15 is 0 Å². The largest absolute Gasteiger partial charge is 0.491 e. The van der Waals surface area contributed by atoms with Gasteiger partial charge in [-0.05, 0) is 92.4 Å². The number of halogens is 2. The zero-order valence-electron chi connectivity index (χ0n) is 20.8. The van der Waals surface area contributed by atoms with E-state index in [1.54, 1.807) is 6.92 Å². The lowest BCUT2D eigenvalue weighted by atomic mass is 9.63. The minimum atomic E-state index is -1.00. The summed E-state index contributed by atoms with van der Waals surface area (Å²) in [5.41, 5.74) is 2.29. The molecule has 0 saturated heterocycles. The standard InChI is InChI=1S/C30H40F2O2/c1-3-5-22-12-14-26-19-23(13-15-25(26)18-22)9-6-21-7-10-24(11-8-21)20-34-28-17-16-27(33-4-2)29(31)30(28)32/h7-8,10-11,16-17,22-23,25-26H,3-6,9,12-15,18-20H2,1-2H3. The molecule has 0 spiro atoms. The summed E-state index contributed by atoms with van der Waals surface area (Å²) in [6, 6.07) is 11.2. The molecule has 4 unspecified atom stereocenters. The highest BCUT2D eigenvalue weighted by Crippen LogP contribution is 2.46. The summed E-state index contributed by atoms with van der Waals surface area (Å²) in [6.45, 7) is 4.54. The molecule has 2 aliphatic rings. The lowest BCUT2D eigenvalue weighted by molar-refractivity contribution is 0.0921.